The maximum atomic E-state index is 13.6. The number of benzene rings is 1. The van der Waals surface area contributed by atoms with Gasteiger partial charge in [0.15, 0.2) is 0 Å². The molecule has 172 valence electrons. The predicted molar refractivity (Wildman–Crippen MR) is 115 cm³/mol. The van der Waals surface area contributed by atoms with Gasteiger partial charge in [0.05, 0.1) is 39.3 Å². The molecule has 2 atom stereocenters. The number of nitrogens with zero attached hydrogens (tertiary/aromatic N) is 2. The predicted octanol–water partition coefficient (Wildman–Crippen LogP) is 2.26. The van der Waals surface area contributed by atoms with E-state index >= 15 is 0 Å². The minimum Gasteiger partial charge on any atom is -0.497 e. The fraction of sp³-hybridized carbons (Fsp3) is 0.652. The number of morpholine rings is 1. The number of carbonyl (C=O) groups excluding carboxylic acids is 1. The van der Waals surface area contributed by atoms with E-state index in [1.807, 2.05) is 18.2 Å². The molecule has 1 amide bonds. The number of rotatable bonds is 9. The first-order valence-electron chi connectivity index (χ1n) is 11.1. The van der Waals surface area contributed by atoms with Crippen molar-refractivity contribution in [3.8, 4) is 11.5 Å². The molecule has 0 bridgehead atoms. The molecule has 8 heteroatoms. The molecule has 2 aliphatic rings. The van der Waals surface area contributed by atoms with Gasteiger partial charge in [-0.2, -0.15) is 0 Å². The highest BCUT2D eigenvalue weighted by Gasteiger charge is 2.38. The molecule has 1 aliphatic carbocycles. The summed E-state index contributed by atoms with van der Waals surface area (Å²) < 4.78 is 16.3. The van der Waals surface area contributed by atoms with Gasteiger partial charge in [0.25, 0.3) is 0 Å². The number of carboxylic acids is 1. The van der Waals surface area contributed by atoms with Crippen LogP contribution in [0.15, 0.2) is 18.2 Å². The Bertz CT molecular complexity index is 750. The normalized spacial score (nSPS) is 22.0. The van der Waals surface area contributed by atoms with E-state index in [0.717, 1.165) is 38.0 Å². The van der Waals surface area contributed by atoms with Gasteiger partial charge in [-0.1, -0.05) is 12.8 Å². The highest BCUT2D eigenvalue weighted by atomic mass is 16.5. The summed E-state index contributed by atoms with van der Waals surface area (Å²) in [7, 11) is 3.21. The Morgan fingerprint density at radius 3 is 2.48 bits per heavy atom. The number of aliphatic carboxylic acids is 1. The molecule has 1 saturated carbocycles. The Hall–Kier alpha value is -2.32. The molecule has 1 aliphatic heterocycles. The van der Waals surface area contributed by atoms with Crippen LogP contribution in [0.4, 0.5) is 0 Å². The van der Waals surface area contributed by atoms with Gasteiger partial charge in [0, 0.05) is 38.3 Å². The third kappa shape index (κ3) is 6.11. The van der Waals surface area contributed by atoms with Crippen LogP contribution in [-0.2, 0) is 20.9 Å². The summed E-state index contributed by atoms with van der Waals surface area (Å²) in [6.45, 7) is 4.68. The summed E-state index contributed by atoms with van der Waals surface area (Å²) in [5.74, 6) is -0.664. The average molecular weight is 435 g/mol. The molecule has 1 heterocycles. The zero-order chi connectivity index (χ0) is 22.2. The molecule has 1 N–H and O–H groups in total. The molecular weight excluding hydrogens is 400 g/mol. The van der Waals surface area contributed by atoms with Crippen LogP contribution < -0.4 is 9.47 Å². The van der Waals surface area contributed by atoms with Crippen LogP contribution in [0.3, 0.4) is 0 Å². The molecule has 2 fully saturated rings. The second-order valence-electron chi connectivity index (χ2n) is 8.23. The first-order chi connectivity index (χ1) is 15.0. The lowest BCUT2D eigenvalue weighted by atomic mass is 9.78. The van der Waals surface area contributed by atoms with Crippen LogP contribution in [0.25, 0.3) is 0 Å². The Balaban J connectivity index is 1.81. The van der Waals surface area contributed by atoms with Crippen LogP contribution in [-0.4, -0.2) is 80.4 Å². The third-order valence-corrected chi connectivity index (χ3v) is 6.35. The van der Waals surface area contributed by atoms with Gasteiger partial charge in [-0.15, -0.1) is 0 Å². The van der Waals surface area contributed by atoms with E-state index in [2.05, 4.69) is 4.90 Å². The van der Waals surface area contributed by atoms with Gasteiger partial charge in [-0.05, 0) is 31.0 Å². The summed E-state index contributed by atoms with van der Waals surface area (Å²) in [4.78, 5) is 29.5. The van der Waals surface area contributed by atoms with E-state index in [0.29, 0.717) is 50.6 Å². The zero-order valence-electron chi connectivity index (χ0n) is 18.5. The highest BCUT2D eigenvalue weighted by Crippen LogP contribution is 2.33. The highest BCUT2D eigenvalue weighted by molar-refractivity contribution is 5.85. The Morgan fingerprint density at radius 1 is 1.13 bits per heavy atom. The summed E-state index contributed by atoms with van der Waals surface area (Å²) in [6, 6.07) is 5.53. The van der Waals surface area contributed by atoms with Crippen molar-refractivity contribution >= 4 is 11.9 Å². The van der Waals surface area contributed by atoms with Crippen molar-refractivity contribution in [3.63, 3.8) is 0 Å². The van der Waals surface area contributed by atoms with Crippen LogP contribution in [0.1, 0.15) is 31.2 Å². The van der Waals surface area contributed by atoms with Crippen molar-refractivity contribution in [3.05, 3.63) is 23.8 Å². The van der Waals surface area contributed by atoms with E-state index in [-0.39, 0.29) is 5.91 Å². The fourth-order valence-corrected chi connectivity index (χ4v) is 4.52. The van der Waals surface area contributed by atoms with Crippen molar-refractivity contribution in [1.29, 1.82) is 0 Å². The van der Waals surface area contributed by atoms with Crippen LogP contribution in [0.5, 0.6) is 11.5 Å². The van der Waals surface area contributed by atoms with Crippen LogP contribution in [0, 0.1) is 11.8 Å². The topological polar surface area (TPSA) is 88.5 Å². The van der Waals surface area contributed by atoms with Gasteiger partial charge >= 0.3 is 5.97 Å². The third-order valence-electron chi connectivity index (χ3n) is 6.35. The minimum absolute atomic E-state index is 0.0785. The summed E-state index contributed by atoms with van der Waals surface area (Å²) in [5.41, 5.74) is 0.847. The van der Waals surface area contributed by atoms with Crippen molar-refractivity contribution in [2.75, 3.05) is 53.6 Å². The molecule has 1 aromatic rings. The van der Waals surface area contributed by atoms with Crippen LogP contribution in [0.2, 0.25) is 0 Å². The number of carboxylic acid groups (broad SMARTS) is 1. The monoisotopic (exact) mass is 434 g/mol. The number of hydrogen-bond acceptors (Lipinski definition) is 6. The van der Waals surface area contributed by atoms with Crippen molar-refractivity contribution < 1.29 is 28.9 Å². The Kier molecular flexibility index (Phi) is 8.54. The molecule has 8 nitrogen and oxygen atoms in total. The second kappa shape index (κ2) is 11.3. The lowest BCUT2D eigenvalue weighted by Crippen LogP contribution is -2.46. The maximum absolute atomic E-state index is 13.6. The van der Waals surface area contributed by atoms with E-state index in [1.165, 1.54) is 0 Å². The van der Waals surface area contributed by atoms with E-state index in [9.17, 15) is 14.7 Å². The minimum atomic E-state index is -0.870. The van der Waals surface area contributed by atoms with E-state index < -0.39 is 17.8 Å². The van der Waals surface area contributed by atoms with Crippen molar-refractivity contribution in [2.45, 2.75) is 32.2 Å². The molecule has 1 saturated heterocycles. The molecule has 3 rings (SSSR count). The average Bonchev–Trinajstić information content (AvgIpc) is 2.81. The molecule has 0 aromatic heterocycles. The molecule has 2 unspecified atom stereocenters. The van der Waals surface area contributed by atoms with Crippen molar-refractivity contribution in [2.24, 2.45) is 11.8 Å². The Morgan fingerprint density at radius 2 is 1.84 bits per heavy atom. The quantitative estimate of drug-likeness (QED) is 0.638. The molecular formula is C23H34N2O6. The molecule has 31 heavy (non-hydrogen) atoms. The molecule has 0 radical (unpaired) electrons. The number of hydrogen-bond donors (Lipinski definition) is 1. The number of methoxy groups -OCH3 is 2. The smallest absolute Gasteiger partial charge is 0.307 e. The van der Waals surface area contributed by atoms with Crippen molar-refractivity contribution in [1.82, 2.24) is 9.80 Å². The zero-order valence-corrected chi connectivity index (χ0v) is 18.5. The van der Waals surface area contributed by atoms with Gasteiger partial charge < -0.3 is 24.2 Å². The molecule has 1 aromatic carbocycles. The second-order valence-corrected chi connectivity index (χ2v) is 8.23. The van der Waals surface area contributed by atoms with Gasteiger partial charge in [0.1, 0.15) is 11.5 Å². The fourth-order valence-electron chi connectivity index (χ4n) is 4.52. The van der Waals surface area contributed by atoms with E-state index in [1.54, 1.807) is 19.1 Å². The van der Waals surface area contributed by atoms with Gasteiger partial charge in [-0.25, -0.2) is 0 Å². The number of ether oxygens (including phenoxy) is 3. The van der Waals surface area contributed by atoms with E-state index in [4.69, 9.17) is 14.2 Å². The molecule has 0 spiro atoms. The SMILES string of the molecule is COc1ccc(OC)c(CN(CCN2CCOCC2)C(=O)C2CCCCC2C(=O)O)c1. The summed E-state index contributed by atoms with van der Waals surface area (Å²) in [6.07, 6.45) is 2.93. The number of carbonyl (C=O) groups is 2. The lowest BCUT2D eigenvalue weighted by molar-refractivity contribution is -0.152. The Labute approximate surface area is 184 Å². The maximum Gasteiger partial charge on any atom is 0.307 e. The first-order valence-corrected chi connectivity index (χ1v) is 11.1. The standard InChI is InChI=1S/C23H34N2O6/c1-29-18-7-8-21(30-2)17(15-18)16-25(10-9-24-11-13-31-14-12-24)22(26)19-5-3-4-6-20(19)23(27)28/h7-8,15,19-20H,3-6,9-14,16H2,1-2H3,(H,27,28). The number of amides is 1. The summed E-state index contributed by atoms with van der Waals surface area (Å²) >= 11 is 0. The van der Waals surface area contributed by atoms with Crippen LogP contribution >= 0.6 is 0 Å². The lowest BCUT2D eigenvalue weighted by Gasteiger charge is -2.35. The van der Waals surface area contributed by atoms with Gasteiger partial charge in [0.2, 0.25) is 5.91 Å². The first kappa shape index (κ1) is 23.3. The summed E-state index contributed by atoms with van der Waals surface area (Å²) in [5, 5.41) is 9.68. The van der Waals surface area contributed by atoms with Gasteiger partial charge in [-0.3, -0.25) is 14.5 Å². The largest absolute Gasteiger partial charge is 0.497 e.